The van der Waals surface area contributed by atoms with Crippen molar-refractivity contribution in [3.05, 3.63) is 44.7 Å². The molecule has 100 valence electrons. The van der Waals surface area contributed by atoms with Crippen LogP contribution in [0.4, 0.5) is 4.39 Å². The monoisotopic (exact) mass is 266 g/mol. The van der Waals surface area contributed by atoms with Gasteiger partial charge in [-0.05, 0) is 24.6 Å². The summed E-state index contributed by atoms with van der Waals surface area (Å²) in [5.74, 6) is -1.53. The molecule has 0 fully saturated rings. The molecule has 2 rings (SSSR count). The summed E-state index contributed by atoms with van der Waals surface area (Å²) < 4.78 is 14.3. The smallest absolute Gasteiger partial charge is 0.316 e. The van der Waals surface area contributed by atoms with Crippen LogP contribution in [-0.4, -0.2) is 20.6 Å². The third kappa shape index (κ3) is 2.70. The molecule has 1 aromatic heterocycles. The van der Waals surface area contributed by atoms with Gasteiger partial charge in [-0.3, -0.25) is 14.4 Å². The Balaban J connectivity index is 2.53. The summed E-state index contributed by atoms with van der Waals surface area (Å²) in [6.07, 6.45) is 0.0559. The zero-order chi connectivity index (χ0) is 14.0. The van der Waals surface area contributed by atoms with E-state index in [1.165, 1.54) is 12.1 Å². The lowest BCUT2D eigenvalue weighted by atomic mass is 10.2. The molecule has 0 spiro atoms. The van der Waals surface area contributed by atoms with Gasteiger partial charge in [0.1, 0.15) is 5.82 Å². The maximum Gasteiger partial charge on any atom is 0.316 e. The highest BCUT2D eigenvalue weighted by molar-refractivity contribution is 5.74. The number of halogens is 1. The van der Waals surface area contributed by atoms with Crippen molar-refractivity contribution in [1.29, 1.82) is 0 Å². The number of carbonyl (C=O) groups is 1. The molecule has 0 aliphatic carbocycles. The van der Waals surface area contributed by atoms with Crippen LogP contribution in [0.1, 0.15) is 12.8 Å². The van der Waals surface area contributed by atoms with E-state index in [2.05, 4.69) is 4.98 Å². The molecule has 2 aromatic rings. The first kappa shape index (κ1) is 13.0. The number of aromatic nitrogens is 2. The Morgan fingerprint density at radius 1 is 1.37 bits per heavy atom. The average Bonchev–Trinajstić information content (AvgIpc) is 2.34. The van der Waals surface area contributed by atoms with E-state index in [0.29, 0.717) is 5.52 Å². The molecule has 0 atom stereocenters. The van der Waals surface area contributed by atoms with Crippen LogP contribution in [0.15, 0.2) is 27.8 Å². The van der Waals surface area contributed by atoms with E-state index in [1.807, 2.05) is 0 Å². The first-order valence-electron chi connectivity index (χ1n) is 5.63. The molecular weight excluding hydrogens is 255 g/mol. The molecule has 6 nitrogen and oxygen atoms in total. The summed E-state index contributed by atoms with van der Waals surface area (Å²) in [7, 11) is 0. The van der Waals surface area contributed by atoms with Gasteiger partial charge >= 0.3 is 17.1 Å². The van der Waals surface area contributed by atoms with Gasteiger partial charge in [-0.1, -0.05) is 0 Å². The number of hydrogen-bond acceptors (Lipinski definition) is 3. The van der Waals surface area contributed by atoms with Gasteiger partial charge in [0.2, 0.25) is 0 Å². The number of aromatic amines is 1. The Kier molecular flexibility index (Phi) is 3.46. The molecule has 0 saturated carbocycles. The van der Waals surface area contributed by atoms with Crippen molar-refractivity contribution in [1.82, 2.24) is 9.55 Å². The number of aryl methyl sites for hydroxylation is 1. The standard InChI is InChI=1S/C12H11FN2O4/c13-7-3-4-8-9(6-7)15(5-1-2-10(16)17)12(19)11(18)14-8/h3-4,6H,1-2,5H2,(H,14,18)(H,16,17). The molecule has 2 N–H and O–H groups in total. The van der Waals surface area contributed by atoms with E-state index in [4.69, 9.17) is 5.11 Å². The van der Waals surface area contributed by atoms with Crippen molar-refractivity contribution in [2.45, 2.75) is 19.4 Å². The van der Waals surface area contributed by atoms with Gasteiger partial charge in [0, 0.05) is 13.0 Å². The second kappa shape index (κ2) is 5.05. The fraction of sp³-hybridized carbons (Fsp3) is 0.250. The van der Waals surface area contributed by atoms with E-state index in [9.17, 15) is 18.8 Å². The average molecular weight is 266 g/mol. The lowest BCUT2D eigenvalue weighted by molar-refractivity contribution is -0.137. The third-order valence-electron chi connectivity index (χ3n) is 2.71. The maximum atomic E-state index is 13.2. The number of benzene rings is 1. The lowest BCUT2D eigenvalue weighted by Gasteiger charge is -2.08. The first-order valence-corrected chi connectivity index (χ1v) is 5.63. The minimum absolute atomic E-state index is 0.0506. The normalized spacial score (nSPS) is 10.8. The van der Waals surface area contributed by atoms with Gasteiger partial charge in [-0.15, -0.1) is 0 Å². The van der Waals surface area contributed by atoms with Crippen molar-refractivity contribution in [3.8, 4) is 0 Å². The molecule has 7 heteroatoms. The second-order valence-electron chi connectivity index (χ2n) is 4.07. The van der Waals surface area contributed by atoms with Crippen molar-refractivity contribution in [2.24, 2.45) is 0 Å². The van der Waals surface area contributed by atoms with E-state index in [-0.39, 0.29) is 24.9 Å². The van der Waals surface area contributed by atoms with Crippen LogP contribution in [0.3, 0.4) is 0 Å². The number of H-pyrrole nitrogens is 1. The van der Waals surface area contributed by atoms with Crippen LogP contribution in [0.5, 0.6) is 0 Å². The number of hydrogen-bond donors (Lipinski definition) is 2. The van der Waals surface area contributed by atoms with Crippen molar-refractivity contribution >= 4 is 17.0 Å². The van der Waals surface area contributed by atoms with Crippen LogP contribution >= 0.6 is 0 Å². The van der Waals surface area contributed by atoms with Crippen molar-refractivity contribution in [2.75, 3.05) is 0 Å². The van der Waals surface area contributed by atoms with Crippen LogP contribution in [0, 0.1) is 5.82 Å². The van der Waals surface area contributed by atoms with E-state index >= 15 is 0 Å². The second-order valence-corrected chi connectivity index (χ2v) is 4.07. The molecule has 0 amide bonds. The fourth-order valence-electron chi connectivity index (χ4n) is 1.85. The minimum Gasteiger partial charge on any atom is -0.481 e. The van der Waals surface area contributed by atoms with E-state index in [0.717, 1.165) is 10.6 Å². The van der Waals surface area contributed by atoms with Crippen molar-refractivity contribution < 1.29 is 14.3 Å². The molecular formula is C12H11FN2O4. The first-order chi connectivity index (χ1) is 8.99. The highest BCUT2D eigenvalue weighted by Crippen LogP contribution is 2.11. The molecule has 0 aliphatic rings. The topological polar surface area (TPSA) is 92.2 Å². The zero-order valence-electron chi connectivity index (χ0n) is 9.85. The molecule has 0 saturated heterocycles. The van der Waals surface area contributed by atoms with Crippen LogP contribution in [-0.2, 0) is 11.3 Å². The number of nitrogens with zero attached hydrogens (tertiary/aromatic N) is 1. The Morgan fingerprint density at radius 2 is 2.11 bits per heavy atom. The van der Waals surface area contributed by atoms with Gasteiger partial charge < -0.3 is 14.7 Å². The number of carboxylic acid groups (broad SMARTS) is 1. The Hall–Kier alpha value is -2.44. The highest BCUT2D eigenvalue weighted by atomic mass is 19.1. The van der Waals surface area contributed by atoms with Gasteiger partial charge in [-0.2, -0.15) is 0 Å². The molecule has 1 aromatic carbocycles. The predicted octanol–water partition coefficient (Wildman–Crippen LogP) is 0.694. The number of rotatable bonds is 4. The molecule has 0 unspecified atom stereocenters. The minimum atomic E-state index is -0.992. The Bertz CT molecular complexity index is 747. The lowest BCUT2D eigenvalue weighted by Crippen LogP contribution is -2.36. The maximum absolute atomic E-state index is 13.2. The predicted molar refractivity (Wildman–Crippen MR) is 65.7 cm³/mol. The quantitative estimate of drug-likeness (QED) is 0.796. The van der Waals surface area contributed by atoms with Gasteiger partial charge in [0.25, 0.3) is 0 Å². The summed E-state index contributed by atoms with van der Waals surface area (Å²) in [5, 5.41) is 8.56. The third-order valence-corrected chi connectivity index (χ3v) is 2.71. The fourth-order valence-corrected chi connectivity index (χ4v) is 1.85. The molecule has 1 heterocycles. The highest BCUT2D eigenvalue weighted by Gasteiger charge is 2.09. The summed E-state index contributed by atoms with van der Waals surface area (Å²) in [6.45, 7) is 0.0506. The summed E-state index contributed by atoms with van der Waals surface area (Å²) in [5.41, 5.74) is -1.05. The van der Waals surface area contributed by atoms with E-state index < -0.39 is 22.9 Å². The molecule has 0 bridgehead atoms. The SMILES string of the molecule is O=C(O)CCCn1c(=O)c(=O)[nH]c2ccc(F)cc21. The van der Waals surface area contributed by atoms with Crippen molar-refractivity contribution in [3.63, 3.8) is 0 Å². The van der Waals surface area contributed by atoms with Crippen LogP contribution in [0.25, 0.3) is 11.0 Å². The Labute approximate surface area is 106 Å². The number of fused-ring (bicyclic) bond motifs is 1. The van der Waals surface area contributed by atoms with Crippen LogP contribution in [0.2, 0.25) is 0 Å². The van der Waals surface area contributed by atoms with Gasteiger partial charge in [0.15, 0.2) is 0 Å². The Morgan fingerprint density at radius 3 is 2.79 bits per heavy atom. The van der Waals surface area contributed by atoms with Gasteiger partial charge in [-0.25, -0.2) is 4.39 Å². The molecule has 0 radical (unpaired) electrons. The summed E-state index contributed by atoms with van der Waals surface area (Å²) in [4.78, 5) is 36.0. The number of aliphatic carboxylic acids is 1. The largest absolute Gasteiger partial charge is 0.481 e. The summed E-state index contributed by atoms with van der Waals surface area (Å²) >= 11 is 0. The van der Waals surface area contributed by atoms with Crippen LogP contribution < -0.4 is 11.1 Å². The van der Waals surface area contributed by atoms with Gasteiger partial charge in [0.05, 0.1) is 11.0 Å². The number of nitrogens with one attached hydrogen (secondary N) is 1. The molecule has 0 aliphatic heterocycles. The number of carboxylic acids is 1. The summed E-state index contributed by atoms with van der Waals surface area (Å²) in [6, 6.07) is 3.66. The zero-order valence-corrected chi connectivity index (χ0v) is 9.85. The van der Waals surface area contributed by atoms with E-state index in [1.54, 1.807) is 0 Å². The molecule has 19 heavy (non-hydrogen) atoms.